The molecule has 1 heterocycles. The van der Waals surface area contributed by atoms with E-state index in [0.29, 0.717) is 16.6 Å². The van der Waals surface area contributed by atoms with Crippen LogP contribution in [0.2, 0.25) is 10.0 Å². The first-order valence-electron chi connectivity index (χ1n) is 7.82. The van der Waals surface area contributed by atoms with Gasteiger partial charge in [-0.2, -0.15) is 4.98 Å². The van der Waals surface area contributed by atoms with Gasteiger partial charge in [0.1, 0.15) is 6.33 Å². The summed E-state index contributed by atoms with van der Waals surface area (Å²) in [5.74, 6) is -0.00495. The maximum Gasteiger partial charge on any atom is 0.264 e. The second-order valence-electron chi connectivity index (χ2n) is 5.60. The van der Waals surface area contributed by atoms with Gasteiger partial charge >= 0.3 is 0 Å². The van der Waals surface area contributed by atoms with E-state index >= 15 is 0 Å². The van der Waals surface area contributed by atoms with Gasteiger partial charge in [0.2, 0.25) is 0 Å². The van der Waals surface area contributed by atoms with E-state index in [-0.39, 0.29) is 10.8 Å². The van der Waals surface area contributed by atoms with Crippen molar-refractivity contribution in [3.05, 3.63) is 70.0 Å². The van der Waals surface area contributed by atoms with Crippen LogP contribution < -0.4 is 4.72 Å². The number of sulfonamides is 1. The molecule has 6 nitrogen and oxygen atoms in total. The van der Waals surface area contributed by atoms with Crippen LogP contribution in [0.3, 0.4) is 0 Å². The fraction of sp³-hybridized carbons (Fsp3) is 0.176. The molecular weight excluding hydrogens is 395 g/mol. The zero-order chi connectivity index (χ0) is 18.7. The standard InChI is InChI=1S/C17H16Cl2N4O2S/c1-2-12-3-7-15(8-4-12)26(24,25)22-17-20-11-23(21-17)10-13-5-6-14(18)9-16(13)19/h3-9,11H,2,10H2,1H3,(H,21,22). The molecule has 1 aromatic heterocycles. The number of hydrogen-bond acceptors (Lipinski definition) is 4. The third kappa shape index (κ3) is 4.35. The van der Waals surface area contributed by atoms with Crippen LogP contribution in [0, 0.1) is 0 Å². The van der Waals surface area contributed by atoms with Crippen LogP contribution in [-0.4, -0.2) is 23.2 Å². The number of nitrogens with zero attached hydrogens (tertiary/aromatic N) is 3. The molecule has 2 aromatic carbocycles. The normalized spacial score (nSPS) is 11.5. The van der Waals surface area contributed by atoms with Gasteiger partial charge < -0.3 is 0 Å². The molecule has 26 heavy (non-hydrogen) atoms. The Morgan fingerprint density at radius 2 is 1.85 bits per heavy atom. The molecule has 136 valence electrons. The predicted molar refractivity (Wildman–Crippen MR) is 102 cm³/mol. The molecule has 0 spiro atoms. The number of anilines is 1. The van der Waals surface area contributed by atoms with Crippen LogP contribution >= 0.6 is 23.2 Å². The SMILES string of the molecule is CCc1ccc(S(=O)(=O)Nc2ncn(Cc3ccc(Cl)cc3Cl)n2)cc1. The quantitative estimate of drug-likeness (QED) is 0.665. The molecule has 0 aliphatic heterocycles. The Hall–Kier alpha value is -2.09. The second kappa shape index (κ2) is 7.65. The molecule has 0 aliphatic rings. The first-order chi connectivity index (χ1) is 12.4. The van der Waals surface area contributed by atoms with Crippen molar-refractivity contribution in [3.8, 4) is 0 Å². The zero-order valence-corrected chi connectivity index (χ0v) is 16.2. The van der Waals surface area contributed by atoms with E-state index in [1.165, 1.54) is 11.0 Å². The van der Waals surface area contributed by atoms with Gasteiger partial charge in [0.15, 0.2) is 0 Å². The van der Waals surface area contributed by atoms with E-state index in [9.17, 15) is 8.42 Å². The van der Waals surface area contributed by atoms with Gasteiger partial charge in [-0.15, -0.1) is 5.10 Å². The molecule has 0 saturated carbocycles. The van der Waals surface area contributed by atoms with Crippen LogP contribution in [0.5, 0.6) is 0 Å². The fourth-order valence-corrected chi connectivity index (χ4v) is 3.74. The highest BCUT2D eigenvalue weighted by molar-refractivity contribution is 7.92. The summed E-state index contributed by atoms with van der Waals surface area (Å²) >= 11 is 12.0. The maximum atomic E-state index is 12.4. The van der Waals surface area contributed by atoms with Gasteiger partial charge in [-0.3, -0.25) is 0 Å². The lowest BCUT2D eigenvalue weighted by molar-refractivity contribution is 0.600. The minimum absolute atomic E-state index is 0.00495. The molecule has 0 saturated heterocycles. The lowest BCUT2D eigenvalue weighted by Gasteiger charge is -2.06. The van der Waals surface area contributed by atoms with E-state index in [1.54, 1.807) is 42.5 Å². The predicted octanol–water partition coefficient (Wildman–Crippen LogP) is 4.00. The molecule has 3 rings (SSSR count). The van der Waals surface area contributed by atoms with E-state index in [2.05, 4.69) is 14.8 Å². The van der Waals surface area contributed by atoms with E-state index in [0.717, 1.165) is 17.5 Å². The number of rotatable bonds is 6. The van der Waals surface area contributed by atoms with Gasteiger partial charge in [-0.05, 0) is 41.8 Å². The lowest BCUT2D eigenvalue weighted by Crippen LogP contribution is -2.14. The Balaban J connectivity index is 1.74. The summed E-state index contributed by atoms with van der Waals surface area (Å²) in [6.45, 7) is 2.35. The Morgan fingerprint density at radius 3 is 2.50 bits per heavy atom. The molecule has 0 amide bonds. The third-order valence-electron chi connectivity index (χ3n) is 3.75. The van der Waals surface area contributed by atoms with Crippen LogP contribution in [0.25, 0.3) is 0 Å². The molecule has 0 aliphatic carbocycles. The van der Waals surface area contributed by atoms with Gasteiger partial charge in [-0.1, -0.05) is 48.3 Å². The number of nitrogens with one attached hydrogen (secondary N) is 1. The number of benzene rings is 2. The Labute approximate surface area is 161 Å². The summed E-state index contributed by atoms with van der Waals surface area (Å²) < 4.78 is 28.7. The summed E-state index contributed by atoms with van der Waals surface area (Å²) in [6, 6.07) is 11.8. The zero-order valence-electron chi connectivity index (χ0n) is 13.9. The average Bonchev–Trinajstić information content (AvgIpc) is 3.04. The summed E-state index contributed by atoms with van der Waals surface area (Å²) in [7, 11) is -3.74. The smallest absolute Gasteiger partial charge is 0.246 e. The van der Waals surface area contributed by atoms with Crippen molar-refractivity contribution in [2.75, 3.05) is 4.72 Å². The van der Waals surface area contributed by atoms with Crippen molar-refractivity contribution >= 4 is 39.2 Å². The van der Waals surface area contributed by atoms with Crippen molar-refractivity contribution < 1.29 is 8.42 Å². The molecule has 1 N–H and O–H groups in total. The van der Waals surface area contributed by atoms with Crippen molar-refractivity contribution in [2.24, 2.45) is 0 Å². The highest BCUT2D eigenvalue weighted by Gasteiger charge is 2.16. The Morgan fingerprint density at radius 1 is 1.12 bits per heavy atom. The van der Waals surface area contributed by atoms with Crippen molar-refractivity contribution in [2.45, 2.75) is 24.8 Å². The van der Waals surface area contributed by atoms with Crippen LogP contribution in [0.15, 0.2) is 53.7 Å². The van der Waals surface area contributed by atoms with E-state index < -0.39 is 10.0 Å². The first kappa shape index (κ1) is 18.7. The fourth-order valence-electron chi connectivity index (χ4n) is 2.33. The van der Waals surface area contributed by atoms with Crippen LogP contribution in [0.1, 0.15) is 18.1 Å². The van der Waals surface area contributed by atoms with Gasteiger partial charge in [-0.25, -0.2) is 17.8 Å². The van der Waals surface area contributed by atoms with Crippen LogP contribution in [-0.2, 0) is 23.0 Å². The lowest BCUT2D eigenvalue weighted by atomic mass is 10.2. The maximum absolute atomic E-state index is 12.4. The Kier molecular flexibility index (Phi) is 5.50. The molecule has 0 atom stereocenters. The topological polar surface area (TPSA) is 76.9 Å². The summed E-state index contributed by atoms with van der Waals surface area (Å²) in [5, 5.41) is 5.18. The van der Waals surface area contributed by atoms with Crippen molar-refractivity contribution in [1.29, 1.82) is 0 Å². The highest BCUT2D eigenvalue weighted by Crippen LogP contribution is 2.22. The minimum atomic E-state index is -3.74. The summed E-state index contributed by atoms with van der Waals surface area (Å²) in [5.41, 5.74) is 1.86. The summed E-state index contributed by atoms with van der Waals surface area (Å²) in [4.78, 5) is 4.16. The van der Waals surface area contributed by atoms with Gasteiger partial charge in [0.25, 0.3) is 16.0 Å². The monoisotopic (exact) mass is 410 g/mol. The molecule has 9 heteroatoms. The first-order valence-corrected chi connectivity index (χ1v) is 10.1. The average molecular weight is 411 g/mol. The number of aromatic nitrogens is 3. The number of hydrogen-bond donors (Lipinski definition) is 1. The van der Waals surface area contributed by atoms with Gasteiger partial charge in [0, 0.05) is 10.0 Å². The Bertz CT molecular complexity index is 1020. The summed E-state index contributed by atoms with van der Waals surface area (Å²) in [6.07, 6.45) is 2.27. The molecule has 0 unspecified atom stereocenters. The number of halogens is 2. The van der Waals surface area contributed by atoms with Crippen molar-refractivity contribution in [1.82, 2.24) is 14.8 Å². The molecule has 3 aromatic rings. The van der Waals surface area contributed by atoms with Crippen molar-refractivity contribution in [3.63, 3.8) is 0 Å². The molecular formula is C17H16Cl2N4O2S. The largest absolute Gasteiger partial charge is 0.264 e. The van der Waals surface area contributed by atoms with Gasteiger partial charge in [0.05, 0.1) is 11.4 Å². The molecule has 0 radical (unpaired) electrons. The van der Waals surface area contributed by atoms with E-state index in [1.807, 2.05) is 6.92 Å². The molecule has 0 fully saturated rings. The third-order valence-corrected chi connectivity index (χ3v) is 5.68. The number of aryl methyl sites for hydroxylation is 1. The van der Waals surface area contributed by atoms with E-state index in [4.69, 9.17) is 23.2 Å². The highest BCUT2D eigenvalue weighted by atomic mass is 35.5. The second-order valence-corrected chi connectivity index (χ2v) is 8.13. The van der Waals surface area contributed by atoms with Crippen LogP contribution in [0.4, 0.5) is 5.95 Å². The molecule has 0 bridgehead atoms. The minimum Gasteiger partial charge on any atom is -0.246 e.